The number of nitrogens with zero attached hydrogens (tertiary/aromatic N) is 1. The summed E-state index contributed by atoms with van der Waals surface area (Å²) in [4.78, 5) is 14.8. The molecule has 1 saturated heterocycles. The molecule has 2 aromatic rings. The minimum atomic E-state index is -3.86. The zero-order valence-electron chi connectivity index (χ0n) is 17.6. The Bertz CT molecular complexity index is 909. The van der Waals surface area contributed by atoms with E-state index in [1.807, 2.05) is 0 Å². The highest BCUT2D eigenvalue weighted by Crippen LogP contribution is 2.22. The van der Waals surface area contributed by atoms with E-state index in [0.717, 1.165) is 39.3 Å². The number of methoxy groups -OCH3 is 1. The van der Waals surface area contributed by atoms with Crippen LogP contribution < -0.4 is 14.8 Å². The van der Waals surface area contributed by atoms with Crippen molar-refractivity contribution in [3.8, 4) is 5.75 Å². The first kappa shape index (κ1) is 23.3. The summed E-state index contributed by atoms with van der Waals surface area (Å²) in [6, 6.07) is 8.52. The summed E-state index contributed by atoms with van der Waals surface area (Å²) in [6.45, 7) is 4.70. The number of sulfonamides is 1. The molecule has 1 amide bonds. The lowest BCUT2D eigenvalue weighted by Gasteiger charge is -2.26. The van der Waals surface area contributed by atoms with Gasteiger partial charge < -0.3 is 19.2 Å². The maximum absolute atomic E-state index is 12.8. The fourth-order valence-electron chi connectivity index (χ4n) is 3.31. The summed E-state index contributed by atoms with van der Waals surface area (Å²) in [7, 11) is -2.35. The molecule has 0 aliphatic carbocycles. The van der Waals surface area contributed by atoms with Gasteiger partial charge in [0.25, 0.3) is 0 Å². The molecule has 10 heteroatoms. The monoisotopic (exact) mass is 451 g/mol. The van der Waals surface area contributed by atoms with Crippen LogP contribution in [0.4, 0.5) is 0 Å². The van der Waals surface area contributed by atoms with Crippen molar-refractivity contribution in [1.29, 1.82) is 0 Å². The van der Waals surface area contributed by atoms with Crippen LogP contribution >= 0.6 is 0 Å². The molecule has 1 fully saturated rings. The molecule has 2 heterocycles. The van der Waals surface area contributed by atoms with Gasteiger partial charge in [-0.1, -0.05) is 0 Å². The fraction of sp³-hybridized carbons (Fsp3) is 0.476. The Morgan fingerprint density at radius 1 is 1.19 bits per heavy atom. The Morgan fingerprint density at radius 3 is 2.58 bits per heavy atom. The Labute approximate surface area is 182 Å². The van der Waals surface area contributed by atoms with E-state index in [4.69, 9.17) is 13.9 Å². The molecule has 2 N–H and O–H groups in total. The third-order valence-corrected chi connectivity index (χ3v) is 6.51. The second-order valence-corrected chi connectivity index (χ2v) is 8.94. The van der Waals surface area contributed by atoms with Gasteiger partial charge in [-0.2, -0.15) is 4.72 Å². The van der Waals surface area contributed by atoms with Crippen molar-refractivity contribution in [2.75, 3.05) is 46.5 Å². The van der Waals surface area contributed by atoms with E-state index in [9.17, 15) is 13.2 Å². The highest BCUT2D eigenvalue weighted by atomic mass is 32.2. The number of hydrogen-bond donors (Lipinski definition) is 2. The number of hydrogen-bond acceptors (Lipinski definition) is 7. The minimum absolute atomic E-state index is 0.0690. The maximum Gasteiger partial charge on any atom is 0.241 e. The van der Waals surface area contributed by atoms with E-state index in [1.165, 1.54) is 25.5 Å². The Balaban J connectivity index is 1.55. The number of ether oxygens (including phenoxy) is 2. The molecule has 3 rings (SSSR count). The lowest BCUT2D eigenvalue weighted by molar-refractivity contribution is -0.121. The Kier molecular flexibility index (Phi) is 8.47. The fourth-order valence-corrected chi connectivity index (χ4v) is 4.52. The number of carbonyl (C=O) groups is 1. The van der Waals surface area contributed by atoms with Gasteiger partial charge >= 0.3 is 0 Å². The summed E-state index contributed by atoms with van der Waals surface area (Å²) in [5.41, 5.74) is 0. The average molecular weight is 452 g/mol. The van der Waals surface area contributed by atoms with Crippen molar-refractivity contribution in [2.24, 2.45) is 0 Å². The van der Waals surface area contributed by atoms with E-state index < -0.39 is 16.1 Å². The number of amides is 1. The predicted octanol–water partition coefficient (Wildman–Crippen LogP) is 1.54. The molecule has 170 valence electrons. The summed E-state index contributed by atoms with van der Waals surface area (Å²) < 4.78 is 44.0. The van der Waals surface area contributed by atoms with Crippen molar-refractivity contribution >= 4 is 15.9 Å². The first-order chi connectivity index (χ1) is 15.0. The van der Waals surface area contributed by atoms with E-state index in [-0.39, 0.29) is 17.2 Å². The van der Waals surface area contributed by atoms with Crippen LogP contribution in [-0.4, -0.2) is 65.7 Å². The topological polar surface area (TPSA) is 110 Å². The largest absolute Gasteiger partial charge is 0.497 e. The van der Waals surface area contributed by atoms with Gasteiger partial charge in [0.2, 0.25) is 15.9 Å². The maximum atomic E-state index is 12.8. The third kappa shape index (κ3) is 7.06. The molecule has 1 aliphatic heterocycles. The zero-order valence-corrected chi connectivity index (χ0v) is 18.4. The second-order valence-electron chi connectivity index (χ2n) is 7.23. The van der Waals surface area contributed by atoms with Crippen molar-refractivity contribution < 1.29 is 27.1 Å². The highest BCUT2D eigenvalue weighted by Gasteiger charge is 2.25. The van der Waals surface area contributed by atoms with Crippen LogP contribution in [0.15, 0.2) is 52.0 Å². The van der Waals surface area contributed by atoms with Crippen LogP contribution in [0.2, 0.25) is 0 Å². The van der Waals surface area contributed by atoms with Crippen molar-refractivity contribution in [3.05, 3.63) is 48.4 Å². The number of furan rings is 1. The number of carbonyl (C=O) groups excluding carboxylic acids is 1. The Morgan fingerprint density at radius 2 is 1.94 bits per heavy atom. The summed E-state index contributed by atoms with van der Waals surface area (Å²) in [5, 5.41) is 2.87. The van der Waals surface area contributed by atoms with E-state index in [0.29, 0.717) is 18.1 Å². The molecule has 1 aromatic carbocycles. The van der Waals surface area contributed by atoms with E-state index in [2.05, 4.69) is 14.9 Å². The molecule has 1 unspecified atom stereocenters. The van der Waals surface area contributed by atoms with Gasteiger partial charge in [-0.3, -0.25) is 9.69 Å². The number of nitrogens with one attached hydrogen (secondary N) is 2. The van der Waals surface area contributed by atoms with Crippen molar-refractivity contribution in [1.82, 2.24) is 14.9 Å². The van der Waals surface area contributed by atoms with Gasteiger partial charge in [0, 0.05) is 19.6 Å². The van der Waals surface area contributed by atoms with E-state index in [1.54, 1.807) is 24.3 Å². The van der Waals surface area contributed by atoms with Crippen LogP contribution in [0.1, 0.15) is 24.6 Å². The molecule has 0 saturated carbocycles. The van der Waals surface area contributed by atoms with Crippen LogP contribution in [0, 0.1) is 0 Å². The predicted molar refractivity (Wildman–Crippen MR) is 114 cm³/mol. The number of benzene rings is 1. The van der Waals surface area contributed by atoms with Gasteiger partial charge in [-0.15, -0.1) is 0 Å². The van der Waals surface area contributed by atoms with Crippen LogP contribution in [0.3, 0.4) is 0 Å². The minimum Gasteiger partial charge on any atom is -0.497 e. The lowest BCUT2D eigenvalue weighted by atomic mass is 10.1. The first-order valence-electron chi connectivity index (χ1n) is 10.2. The van der Waals surface area contributed by atoms with Gasteiger partial charge in [0.15, 0.2) is 0 Å². The SMILES string of the molecule is COc1ccc(S(=O)(=O)NC(CC(=O)NCCCN2CCOCC2)c2ccco2)cc1. The van der Waals surface area contributed by atoms with Crippen LogP contribution in [0.5, 0.6) is 5.75 Å². The summed E-state index contributed by atoms with van der Waals surface area (Å²) >= 11 is 0. The quantitative estimate of drug-likeness (QED) is 0.499. The van der Waals surface area contributed by atoms with Crippen molar-refractivity contribution in [3.63, 3.8) is 0 Å². The zero-order chi connectivity index (χ0) is 22.1. The molecule has 1 aromatic heterocycles. The molecule has 0 spiro atoms. The smallest absolute Gasteiger partial charge is 0.241 e. The molecular formula is C21H29N3O6S. The molecule has 0 bridgehead atoms. The van der Waals surface area contributed by atoms with Crippen LogP contribution in [-0.2, 0) is 19.6 Å². The van der Waals surface area contributed by atoms with Gasteiger partial charge in [0.1, 0.15) is 11.5 Å². The molecule has 1 atom stereocenters. The van der Waals surface area contributed by atoms with Gasteiger partial charge in [-0.25, -0.2) is 8.42 Å². The standard InChI is InChI=1S/C21H29N3O6S/c1-28-17-5-7-18(8-6-17)31(26,27)23-19(20-4-2-13-30-20)16-21(25)22-9-3-10-24-11-14-29-15-12-24/h2,4-8,13,19,23H,3,9-12,14-16H2,1H3,(H,22,25). The molecule has 31 heavy (non-hydrogen) atoms. The van der Waals surface area contributed by atoms with Crippen LogP contribution in [0.25, 0.3) is 0 Å². The second kappa shape index (κ2) is 11.3. The van der Waals surface area contributed by atoms with Gasteiger partial charge in [0.05, 0.1) is 43.9 Å². The number of rotatable bonds is 11. The van der Waals surface area contributed by atoms with E-state index >= 15 is 0 Å². The molecule has 9 nitrogen and oxygen atoms in total. The molecule has 1 aliphatic rings. The lowest BCUT2D eigenvalue weighted by Crippen LogP contribution is -2.38. The summed E-state index contributed by atoms with van der Waals surface area (Å²) in [5.74, 6) is 0.680. The summed E-state index contributed by atoms with van der Waals surface area (Å²) in [6.07, 6.45) is 2.19. The third-order valence-electron chi connectivity index (χ3n) is 5.02. The normalized spacial score (nSPS) is 16.0. The first-order valence-corrected chi connectivity index (χ1v) is 11.7. The van der Waals surface area contributed by atoms with Crippen molar-refractivity contribution in [2.45, 2.75) is 23.8 Å². The number of morpholine rings is 1. The molecular weight excluding hydrogens is 422 g/mol. The molecule has 0 radical (unpaired) electrons. The van der Waals surface area contributed by atoms with Gasteiger partial charge in [-0.05, 0) is 49.4 Å². The average Bonchev–Trinajstić information content (AvgIpc) is 3.32. The highest BCUT2D eigenvalue weighted by molar-refractivity contribution is 7.89. The Hall–Kier alpha value is -2.40.